The number of rotatable bonds is 6. The summed E-state index contributed by atoms with van der Waals surface area (Å²) in [6.07, 6.45) is 2.08. The first-order valence-corrected chi connectivity index (χ1v) is 8.50. The van der Waals surface area contributed by atoms with Crippen LogP contribution in [0.2, 0.25) is 5.02 Å². The molecule has 1 nitrogen and oxygen atoms in total. The van der Waals surface area contributed by atoms with Crippen LogP contribution in [0.15, 0.2) is 46.9 Å². The molecule has 0 aromatic heterocycles. The number of hydrogen-bond acceptors (Lipinski definition) is 1. The number of nitrogens with one attached hydrogen (secondary N) is 1. The maximum absolute atomic E-state index is 6.22. The third-order valence-corrected chi connectivity index (χ3v) is 4.15. The van der Waals surface area contributed by atoms with Crippen molar-refractivity contribution in [1.29, 1.82) is 0 Å². The van der Waals surface area contributed by atoms with Crippen LogP contribution in [0.4, 0.5) is 0 Å². The van der Waals surface area contributed by atoms with Gasteiger partial charge in [-0.3, -0.25) is 0 Å². The molecule has 2 aromatic rings. The first-order valence-electron chi connectivity index (χ1n) is 7.33. The van der Waals surface area contributed by atoms with Crippen molar-refractivity contribution in [1.82, 2.24) is 5.32 Å². The number of hydrogen-bond donors (Lipinski definition) is 1. The first kappa shape index (κ1) is 16.5. The fourth-order valence-electron chi connectivity index (χ4n) is 2.49. The van der Waals surface area contributed by atoms with E-state index >= 15 is 0 Å². The summed E-state index contributed by atoms with van der Waals surface area (Å²) < 4.78 is 1.12. The van der Waals surface area contributed by atoms with Gasteiger partial charge in [-0.1, -0.05) is 52.7 Å². The van der Waals surface area contributed by atoms with Gasteiger partial charge in [-0.15, -0.1) is 0 Å². The predicted octanol–water partition coefficient (Wildman–Crippen LogP) is 5.69. The van der Waals surface area contributed by atoms with E-state index in [1.54, 1.807) is 0 Å². The summed E-state index contributed by atoms with van der Waals surface area (Å²) in [6, 6.07) is 15.1. The molecule has 0 saturated heterocycles. The fourth-order valence-corrected chi connectivity index (χ4v) is 3.24. The Hall–Kier alpha value is -0.830. The Morgan fingerprint density at radius 3 is 2.67 bits per heavy atom. The molecular formula is C18H21BrClN. The van der Waals surface area contributed by atoms with E-state index in [2.05, 4.69) is 71.5 Å². The van der Waals surface area contributed by atoms with Gasteiger partial charge < -0.3 is 5.32 Å². The van der Waals surface area contributed by atoms with Gasteiger partial charge >= 0.3 is 0 Å². The van der Waals surface area contributed by atoms with Gasteiger partial charge in [0.25, 0.3) is 0 Å². The van der Waals surface area contributed by atoms with Gasteiger partial charge in [0.2, 0.25) is 0 Å². The van der Waals surface area contributed by atoms with Crippen molar-refractivity contribution >= 4 is 27.5 Å². The highest BCUT2D eigenvalue weighted by Gasteiger charge is 2.13. The summed E-state index contributed by atoms with van der Waals surface area (Å²) >= 11 is 9.76. The summed E-state index contributed by atoms with van der Waals surface area (Å²) in [7, 11) is 0. The molecule has 2 rings (SSSR count). The molecule has 2 aromatic carbocycles. The van der Waals surface area contributed by atoms with E-state index in [-0.39, 0.29) is 6.04 Å². The van der Waals surface area contributed by atoms with Crippen LogP contribution >= 0.6 is 27.5 Å². The number of aryl methyl sites for hydroxylation is 1. The summed E-state index contributed by atoms with van der Waals surface area (Å²) in [6.45, 7) is 5.28. The average molecular weight is 367 g/mol. The molecule has 1 unspecified atom stereocenters. The second-order valence-corrected chi connectivity index (χ2v) is 6.75. The molecule has 112 valence electrons. The lowest BCUT2D eigenvalue weighted by molar-refractivity contribution is 0.529. The lowest BCUT2D eigenvalue weighted by Gasteiger charge is -2.20. The van der Waals surface area contributed by atoms with Crippen LogP contribution in [-0.4, -0.2) is 6.54 Å². The van der Waals surface area contributed by atoms with Crippen LogP contribution in [0, 0.1) is 6.92 Å². The first-order chi connectivity index (χ1) is 10.1. The third kappa shape index (κ3) is 5.14. The summed E-state index contributed by atoms with van der Waals surface area (Å²) in [5.41, 5.74) is 3.78. The minimum atomic E-state index is 0.289. The van der Waals surface area contributed by atoms with Gasteiger partial charge in [-0.05, 0) is 67.3 Å². The molecule has 0 aliphatic rings. The lowest BCUT2D eigenvalue weighted by Crippen LogP contribution is -2.24. The van der Waals surface area contributed by atoms with Crippen LogP contribution in [-0.2, 0) is 6.42 Å². The van der Waals surface area contributed by atoms with Crippen LogP contribution in [0.3, 0.4) is 0 Å². The van der Waals surface area contributed by atoms with Crippen molar-refractivity contribution in [2.45, 2.75) is 32.7 Å². The van der Waals surface area contributed by atoms with Crippen molar-refractivity contribution < 1.29 is 0 Å². The van der Waals surface area contributed by atoms with Gasteiger partial charge in [0.15, 0.2) is 0 Å². The Labute approximate surface area is 140 Å². The maximum atomic E-state index is 6.22. The Balaban J connectivity index is 2.25. The van der Waals surface area contributed by atoms with E-state index in [0.29, 0.717) is 0 Å². The van der Waals surface area contributed by atoms with Crippen LogP contribution in [0.5, 0.6) is 0 Å². The molecule has 1 N–H and O–H groups in total. The van der Waals surface area contributed by atoms with Crippen LogP contribution in [0.25, 0.3) is 0 Å². The molecule has 0 spiro atoms. The molecule has 0 heterocycles. The maximum Gasteiger partial charge on any atom is 0.0411 e. The van der Waals surface area contributed by atoms with Crippen molar-refractivity contribution in [3.63, 3.8) is 0 Å². The van der Waals surface area contributed by atoms with Crippen LogP contribution in [0.1, 0.15) is 36.1 Å². The third-order valence-electron chi connectivity index (χ3n) is 3.44. The predicted molar refractivity (Wildman–Crippen MR) is 95.1 cm³/mol. The van der Waals surface area contributed by atoms with E-state index in [9.17, 15) is 0 Å². The van der Waals surface area contributed by atoms with E-state index in [1.165, 1.54) is 16.7 Å². The molecular weight excluding hydrogens is 346 g/mol. The van der Waals surface area contributed by atoms with Crippen molar-refractivity contribution in [2.75, 3.05) is 6.54 Å². The van der Waals surface area contributed by atoms with Gasteiger partial charge in [0, 0.05) is 15.5 Å². The Morgan fingerprint density at radius 1 is 1.19 bits per heavy atom. The minimum Gasteiger partial charge on any atom is -0.310 e. The normalized spacial score (nSPS) is 12.4. The van der Waals surface area contributed by atoms with Crippen LogP contribution < -0.4 is 5.32 Å². The minimum absolute atomic E-state index is 0.289. The molecule has 0 radical (unpaired) electrons. The standard InChI is InChI=1S/C18H21BrClN/c1-3-7-21-18(11-14-5-4-6-16(19)10-14)15-8-13(2)9-17(20)12-15/h4-6,8-10,12,18,21H,3,7,11H2,1-2H3. The highest BCUT2D eigenvalue weighted by Crippen LogP contribution is 2.24. The van der Waals surface area contributed by atoms with Crippen molar-refractivity contribution in [3.05, 3.63) is 68.7 Å². The summed E-state index contributed by atoms with van der Waals surface area (Å²) in [5, 5.41) is 4.44. The van der Waals surface area contributed by atoms with Crippen molar-refractivity contribution in [3.8, 4) is 0 Å². The Bertz CT molecular complexity index is 577. The molecule has 3 heteroatoms. The van der Waals surface area contributed by atoms with Gasteiger partial charge in [0.05, 0.1) is 0 Å². The SMILES string of the molecule is CCCNC(Cc1cccc(Br)c1)c1cc(C)cc(Cl)c1. The van der Waals surface area contributed by atoms with Gasteiger partial charge in [-0.2, -0.15) is 0 Å². The molecule has 21 heavy (non-hydrogen) atoms. The zero-order valence-corrected chi connectivity index (χ0v) is 14.8. The number of halogens is 2. The average Bonchev–Trinajstić information content (AvgIpc) is 2.42. The van der Waals surface area contributed by atoms with E-state index in [4.69, 9.17) is 11.6 Å². The molecule has 1 atom stereocenters. The largest absolute Gasteiger partial charge is 0.310 e. The van der Waals surface area contributed by atoms with E-state index in [1.807, 2.05) is 6.07 Å². The zero-order chi connectivity index (χ0) is 15.2. The molecule has 0 aliphatic heterocycles. The second kappa shape index (κ2) is 7.98. The zero-order valence-electron chi connectivity index (χ0n) is 12.5. The second-order valence-electron chi connectivity index (χ2n) is 5.40. The Kier molecular flexibility index (Phi) is 6.28. The number of benzene rings is 2. The topological polar surface area (TPSA) is 12.0 Å². The Morgan fingerprint density at radius 2 is 2.00 bits per heavy atom. The molecule has 0 bridgehead atoms. The quantitative estimate of drug-likeness (QED) is 0.692. The highest BCUT2D eigenvalue weighted by atomic mass is 79.9. The molecule has 0 aliphatic carbocycles. The summed E-state index contributed by atoms with van der Waals surface area (Å²) in [5.74, 6) is 0. The van der Waals surface area contributed by atoms with Gasteiger partial charge in [-0.25, -0.2) is 0 Å². The lowest BCUT2D eigenvalue weighted by atomic mass is 9.97. The molecule has 0 saturated carbocycles. The highest BCUT2D eigenvalue weighted by molar-refractivity contribution is 9.10. The summed E-state index contributed by atoms with van der Waals surface area (Å²) in [4.78, 5) is 0. The fraction of sp³-hybridized carbons (Fsp3) is 0.333. The van der Waals surface area contributed by atoms with E-state index < -0.39 is 0 Å². The molecule has 0 fully saturated rings. The van der Waals surface area contributed by atoms with Crippen molar-refractivity contribution in [2.24, 2.45) is 0 Å². The van der Waals surface area contributed by atoms with E-state index in [0.717, 1.165) is 28.9 Å². The smallest absolute Gasteiger partial charge is 0.0411 e. The van der Waals surface area contributed by atoms with Gasteiger partial charge in [0.1, 0.15) is 0 Å². The monoisotopic (exact) mass is 365 g/mol. The molecule has 0 amide bonds.